The molecule has 0 spiro atoms. The first-order chi connectivity index (χ1) is 17.3. The zero-order chi connectivity index (χ0) is 27.9. The van der Waals surface area contributed by atoms with Gasteiger partial charge in [0, 0.05) is 11.7 Å². The molecule has 2 rings (SSSR count). The molecule has 202 valence electrons. The van der Waals surface area contributed by atoms with Crippen LogP contribution in [0.15, 0.2) is 42.5 Å². The summed E-state index contributed by atoms with van der Waals surface area (Å²) >= 11 is 0. The Morgan fingerprint density at radius 1 is 1.00 bits per heavy atom. The van der Waals surface area contributed by atoms with Gasteiger partial charge in [-0.3, -0.25) is 9.59 Å². The van der Waals surface area contributed by atoms with Crippen LogP contribution in [0.3, 0.4) is 0 Å². The van der Waals surface area contributed by atoms with Gasteiger partial charge in [-0.2, -0.15) is 0 Å². The highest BCUT2D eigenvalue weighted by molar-refractivity contribution is 5.99. The van der Waals surface area contributed by atoms with Gasteiger partial charge in [-0.1, -0.05) is 43.3 Å². The Morgan fingerprint density at radius 2 is 1.62 bits per heavy atom. The van der Waals surface area contributed by atoms with Gasteiger partial charge in [0.2, 0.25) is 5.91 Å². The van der Waals surface area contributed by atoms with Crippen molar-refractivity contribution in [2.75, 3.05) is 11.9 Å². The first-order valence-corrected chi connectivity index (χ1v) is 12.7. The summed E-state index contributed by atoms with van der Waals surface area (Å²) in [5, 5.41) is 15.6. The lowest BCUT2D eigenvalue weighted by Gasteiger charge is -2.38. The molecule has 8 nitrogen and oxygen atoms in total. The number of benzene rings is 2. The van der Waals surface area contributed by atoms with Crippen molar-refractivity contribution in [1.82, 2.24) is 10.2 Å². The Kier molecular flexibility index (Phi) is 10.3. The highest BCUT2D eigenvalue weighted by atomic mass is 16.6. The van der Waals surface area contributed by atoms with E-state index >= 15 is 0 Å². The zero-order valence-corrected chi connectivity index (χ0v) is 23.2. The molecular formula is C29H41N3O5. The largest absolute Gasteiger partial charge is 0.444 e. The van der Waals surface area contributed by atoms with Crippen LogP contribution in [-0.4, -0.2) is 52.2 Å². The molecule has 3 atom stereocenters. The normalized spacial score (nSPS) is 13.8. The van der Waals surface area contributed by atoms with Gasteiger partial charge < -0.3 is 25.4 Å². The van der Waals surface area contributed by atoms with E-state index in [0.29, 0.717) is 17.7 Å². The summed E-state index contributed by atoms with van der Waals surface area (Å²) in [6.45, 7) is 14.0. The Morgan fingerprint density at radius 3 is 2.19 bits per heavy atom. The Labute approximate surface area is 220 Å². The van der Waals surface area contributed by atoms with Crippen LogP contribution in [0.1, 0.15) is 69.3 Å². The average molecular weight is 512 g/mol. The number of hydrogen-bond donors (Lipinski definition) is 3. The average Bonchev–Trinajstić information content (AvgIpc) is 2.82. The van der Waals surface area contributed by atoms with E-state index in [0.717, 1.165) is 16.7 Å². The molecule has 0 saturated carbocycles. The van der Waals surface area contributed by atoms with Crippen LogP contribution < -0.4 is 10.6 Å². The van der Waals surface area contributed by atoms with Crippen molar-refractivity contribution >= 4 is 23.6 Å². The molecule has 2 aromatic carbocycles. The fourth-order valence-electron chi connectivity index (χ4n) is 4.01. The number of para-hydroxylation sites is 1. The first kappa shape index (κ1) is 29.8. The van der Waals surface area contributed by atoms with E-state index in [9.17, 15) is 19.5 Å². The number of nitrogens with one attached hydrogen (secondary N) is 2. The van der Waals surface area contributed by atoms with Gasteiger partial charge in [0.25, 0.3) is 5.91 Å². The molecule has 0 heterocycles. The van der Waals surface area contributed by atoms with Gasteiger partial charge in [0.05, 0.1) is 6.61 Å². The van der Waals surface area contributed by atoms with Crippen molar-refractivity contribution in [1.29, 1.82) is 0 Å². The summed E-state index contributed by atoms with van der Waals surface area (Å²) < 4.78 is 5.30. The highest BCUT2D eigenvalue weighted by Gasteiger charge is 2.39. The van der Waals surface area contributed by atoms with E-state index < -0.39 is 36.3 Å². The number of hydrogen-bond acceptors (Lipinski definition) is 5. The van der Waals surface area contributed by atoms with E-state index in [1.165, 1.54) is 4.90 Å². The summed E-state index contributed by atoms with van der Waals surface area (Å²) in [4.78, 5) is 41.8. The van der Waals surface area contributed by atoms with Crippen LogP contribution >= 0.6 is 0 Å². The summed E-state index contributed by atoms with van der Waals surface area (Å²) in [6, 6.07) is 10.4. The Balaban J connectivity index is 2.58. The SMILES string of the molecule is CCC(C)N(C(=O)C(CO)NC(=O)OC(C)(C)C)C(C(=O)Nc1ccccc1C)c1cccc(C)c1C. The molecule has 0 aliphatic rings. The maximum Gasteiger partial charge on any atom is 0.408 e. The molecule has 8 heteroatoms. The molecule has 0 saturated heterocycles. The number of nitrogens with zero attached hydrogens (tertiary/aromatic N) is 1. The fraction of sp³-hybridized carbons (Fsp3) is 0.483. The number of carbonyl (C=O) groups excluding carboxylic acids is 3. The van der Waals surface area contributed by atoms with Crippen molar-refractivity contribution in [3.8, 4) is 0 Å². The molecule has 37 heavy (non-hydrogen) atoms. The van der Waals surface area contributed by atoms with Gasteiger partial charge in [-0.15, -0.1) is 0 Å². The molecule has 3 unspecified atom stereocenters. The first-order valence-electron chi connectivity index (χ1n) is 12.7. The number of alkyl carbamates (subject to hydrolysis) is 1. The van der Waals surface area contributed by atoms with Gasteiger partial charge in [0.15, 0.2) is 0 Å². The maximum atomic E-state index is 13.9. The molecule has 0 bridgehead atoms. The van der Waals surface area contributed by atoms with Gasteiger partial charge >= 0.3 is 6.09 Å². The number of anilines is 1. The Bertz CT molecular complexity index is 1110. The van der Waals surface area contributed by atoms with Crippen LogP contribution in [0, 0.1) is 20.8 Å². The van der Waals surface area contributed by atoms with Crippen molar-refractivity contribution in [3.05, 3.63) is 64.7 Å². The van der Waals surface area contributed by atoms with Crippen LogP contribution in [0.25, 0.3) is 0 Å². The van der Waals surface area contributed by atoms with E-state index in [1.54, 1.807) is 20.8 Å². The zero-order valence-electron chi connectivity index (χ0n) is 23.2. The number of carbonyl (C=O) groups is 3. The maximum absolute atomic E-state index is 13.9. The minimum atomic E-state index is -1.29. The predicted octanol–water partition coefficient (Wildman–Crippen LogP) is 4.80. The predicted molar refractivity (Wildman–Crippen MR) is 145 cm³/mol. The minimum absolute atomic E-state index is 0.380. The lowest BCUT2D eigenvalue weighted by atomic mass is 9.93. The van der Waals surface area contributed by atoms with E-state index in [2.05, 4.69) is 10.6 Å². The summed E-state index contributed by atoms with van der Waals surface area (Å²) in [7, 11) is 0. The van der Waals surface area contributed by atoms with Crippen molar-refractivity contribution < 1.29 is 24.2 Å². The molecular weight excluding hydrogens is 470 g/mol. The van der Waals surface area contributed by atoms with Crippen molar-refractivity contribution in [3.63, 3.8) is 0 Å². The number of amides is 3. The molecule has 3 N–H and O–H groups in total. The molecule has 0 aromatic heterocycles. The molecule has 0 aliphatic carbocycles. The molecule has 2 aromatic rings. The topological polar surface area (TPSA) is 108 Å². The summed E-state index contributed by atoms with van der Waals surface area (Å²) in [5.41, 5.74) is 3.29. The minimum Gasteiger partial charge on any atom is -0.444 e. The van der Waals surface area contributed by atoms with E-state index in [1.807, 2.05) is 77.1 Å². The van der Waals surface area contributed by atoms with E-state index in [4.69, 9.17) is 4.74 Å². The molecule has 0 radical (unpaired) electrons. The lowest BCUT2D eigenvalue weighted by molar-refractivity contribution is -0.144. The summed E-state index contributed by atoms with van der Waals surface area (Å²) in [5.74, 6) is -0.959. The number of aliphatic hydroxyl groups excluding tert-OH is 1. The lowest BCUT2D eigenvalue weighted by Crippen LogP contribution is -2.56. The van der Waals surface area contributed by atoms with Crippen LogP contribution in [-0.2, 0) is 14.3 Å². The van der Waals surface area contributed by atoms with Gasteiger partial charge in [0.1, 0.15) is 17.7 Å². The number of rotatable bonds is 9. The number of aryl methyl sites for hydroxylation is 2. The van der Waals surface area contributed by atoms with Crippen molar-refractivity contribution in [2.24, 2.45) is 0 Å². The van der Waals surface area contributed by atoms with Crippen LogP contribution in [0.5, 0.6) is 0 Å². The molecule has 3 amide bonds. The van der Waals surface area contributed by atoms with Crippen molar-refractivity contribution in [2.45, 2.75) is 85.5 Å². The third-order valence-electron chi connectivity index (χ3n) is 6.36. The fourth-order valence-corrected chi connectivity index (χ4v) is 4.01. The number of aliphatic hydroxyl groups is 1. The van der Waals surface area contributed by atoms with E-state index in [-0.39, 0.29) is 11.9 Å². The summed E-state index contributed by atoms with van der Waals surface area (Å²) in [6.07, 6.45) is -0.272. The highest BCUT2D eigenvalue weighted by Crippen LogP contribution is 2.31. The third-order valence-corrected chi connectivity index (χ3v) is 6.36. The van der Waals surface area contributed by atoms with Gasteiger partial charge in [-0.25, -0.2) is 4.79 Å². The third kappa shape index (κ3) is 7.79. The van der Waals surface area contributed by atoms with Crippen LogP contribution in [0.4, 0.5) is 10.5 Å². The molecule has 0 fully saturated rings. The monoisotopic (exact) mass is 511 g/mol. The second-order valence-corrected chi connectivity index (χ2v) is 10.4. The second kappa shape index (κ2) is 12.7. The smallest absolute Gasteiger partial charge is 0.408 e. The molecule has 0 aliphatic heterocycles. The quantitative estimate of drug-likeness (QED) is 0.448. The Hall–Kier alpha value is -3.39. The van der Waals surface area contributed by atoms with Gasteiger partial charge in [-0.05, 0) is 83.2 Å². The van der Waals surface area contributed by atoms with Crippen LogP contribution in [0.2, 0.25) is 0 Å². The second-order valence-electron chi connectivity index (χ2n) is 10.4. The number of ether oxygens (including phenoxy) is 1. The standard InChI is InChI=1S/C29H41N3O5/c1-9-20(4)32(27(35)24(17-33)31-28(36)37-29(6,7)8)25(22-15-12-14-18(2)21(22)5)26(34)30-23-16-11-10-13-19(23)3/h10-16,20,24-25,33H,9,17H2,1-8H3,(H,30,34)(H,31,36).